The number of amides is 2. The highest BCUT2D eigenvalue weighted by Crippen LogP contribution is 2.14. The van der Waals surface area contributed by atoms with Crippen LogP contribution in [0.1, 0.15) is 16.8 Å². The van der Waals surface area contributed by atoms with Crippen LogP contribution in [0.4, 0.5) is 0 Å². The van der Waals surface area contributed by atoms with Gasteiger partial charge in [0.05, 0.1) is 0 Å². The molecule has 4 heteroatoms. The largest absolute Gasteiger partial charge is 0.352 e. The van der Waals surface area contributed by atoms with Crippen LogP contribution >= 0.6 is 0 Å². The van der Waals surface area contributed by atoms with E-state index in [1.165, 1.54) is 0 Å². The van der Waals surface area contributed by atoms with Crippen molar-refractivity contribution in [1.82, 2.24) is 10.2 Å². The third kappa shape index (κ3) is 2.84. The summed E-state index contributed by atoms with van der Waals surface area (Å²) in [5.74, 6) is 0.316. The Morgan fingerprint density at radius 1 is 1.41 bits per heavy atom. The average molecular weight is 232 g/mol. The zero-order chi connectivity index (χ0) is 12.3. The van der Waals surface area contributed by atoms with Gasteiger partial charge in [-0.25, -0.2) is 0 Å². The molecule has 0 aromatic heterocycles. The van der Waals surface area contributed by atoms with E-state index in [-0.39, 0.29) is 17.7 Å². The molecule has 0 radical (unpaired) electrons. The highest BCUT2D eigenvalue weighted by Gasteiger charge is 2.26. The summed E-state index contributed by atoms with van der Waals surface area (Å²) in [7, 11) is 1.79. The van der Waals surface area contributed by atoms with Gasteiger partial charge in [0.2, 0.25) is 5.91 Å². The van der Waals surface area contributed by atoms with E-state index in [0.717, 1.165) is 6.54 Å². The number of hydrogen-bond acceptors (Lipinski definition) is 2. The van der Waals surface area contributed by atoms with Gasteiger partial charge in [0, 0.05) is 38.0 Å². The molecule has 2 amide bonds. The quantitative estimate of drug-likeness (QED) is 0.841. The van der Waals surface area contributed by atoms with Gasteiger partial charge in [-0.1, -0.05) is 18.2 Å². The van der Waals surface area contributed by atoms with Crippen molar-refractivity contribution in [2.45, 2.75) is 6.42 Å². The number of nitrogens with one attached hydrogen (secondary N) is 1. The van der Waals surface area contributed by atoms with E-state index in [2.05, 4.69) is 5.32 Å². The first-order chi connectivity index (χ1) is 8.16. The molecule has 1 aliphatic heterocycles. The summed E-state index contributed by atoms with van der Waals surface area (Å²) in [6.45, 7) is 1.29. The highest BCUT2D eigenvalue weighted by atomic mass is 16.2. The van der Waals surface area contributed by atoms with Gasteiger partial charge >= 0.3 is 0 Å². The molecule has 2 rings (SSSR count). The first kappa shape index (κ1) is 11.6. The van der Waals surface area contributed by atoms with E-state index in [1.54, 1.807) is 24.1 Å². The van der Waals surface area contributed by atoms with E-state index in [0.29, 0.717) is 18.5 Å². The van der Waals surface area contributed by atoms with Gasteiger partial charge in [0.25, 0.3) is 5.91 Å². The summed E-state index contributed by atoms with van der Waals surface area (Å²) in [6, 6.07) is 9.10. The zero-order valence-corrected chi connectivity index (χ0v) is 9.85. The number of carbonyl (C=O) groups is 2. The predicted octanol–water partition coefficient (Wildman–Crippen LogP) is 0.895. The first-order valence-electron chi connectivity index (χ1n) is 5.74. The van der Waals surface area contributed by atoms with Crippen molar-refractivity contribution >= 4 is 11.8 Å². The van der Waals surface area contributed by atoms with Crippen molar-refractivity contribution in [3.63, 3.8) is 0 Å². The summed E-state index contributed by atoms with van der Waals surface area (Å²) >= 11 is 0. The minimum atomic E-state index is -0.0763. The van der Waals surface area contributed by atoms with Gasteiger partial charge in [-0.3, -0.25) is 9.59 Å². The van der Waals surface area contributed by atoms with Gasteiger partial charge in [-0.2, -0.15) is 0 Å². The fraction of sp³-hybridized carbons (Fsp3) is 0.385. The monoisotopic (exact) mass is 232 g/mol. The molecule has 4 nitrogen and oxygen atoms in total. The second kappa shape index (κ2) is 4.99. The Balaban J connectivity index is 1.83. The molecule has 0 spiro atoms. The number of carbonyl (C=O) groups excluding carboxylic acids is 2. The predicted molar refractivity (Wildman–Crippen MR) is 64.5 cm³/mol. The normalized spacial score (nSPS) is 19.5. The third-order valence-corrected chi connectivity index (χ3v) is 3.01. The Hall–Kier alpha value is -1.84. The van der Waals surface area contributed by atoms with E-state index < -0.39 is 0 Å². The Labute approximate surface area is 101 Å². The van der Waals surface area contributed by atoms with Gasteiger partial charge < -0.3 is 10.2 Å². The molecule has 0 saturated carbocycles. The van der Waals surface area contributed by atoms with Crippen LogP contribution in [0.3, 0.4) is 0 Å². The molecular formula is C13H16N2O2. The molecular weight excluding hydrogens is 216 g/mol. The minimum Gasteiger partial charge on any atom is -0.352 e. The lowest BCUT2D eigenvalue weighted by Gasteiger charge is -2.11. The fourth-order valence-corrected chi connectivity index (χ4v) is 2.02. The van der Waals surface area contributed by atoms with Gasteiger partial charge in [0.15, 0.2) is 0 Å². The molecule has 0 bridgehead atoms. The van der Waals surface area contributed by atoms with Crippen molar-refractivity contribution in [3.05, 3.63) is 35.9 Å². The first-order valence-corrected chi connectivity index (χ1v) is 5.74. The van der Waals surface area contributed by atoms with Crippen molar-refractivity contribution < 1.29 is 9.59 Å². The highest BCUT2D eigenvalue weighted by molar-refractivity contribution is 5.94. The minimum absolute atomic E-state index is 0.0763. The number of benzene rings is 1. The summed E-state index contributed by atoms with van der Waals surface area (Å²) in [6.07, 6.45) is 0.533. The number of hydrogen-bond donors (Lipinski definition) is 1. The molecule has 1 aromatic rings. The maximum atomic E-state index is 11.8. The summed E-state index contributed by atoms with van der Waals surface area (Å²) in [5, 5.41) is 2.86. The van der Waals surface area contributed by atoms with E-state index in [1.807, 2.05) is 18.2 Å². The number of rotatable bonds is 3. The molecule has 1 heterocycles. The van der Waals surface area contributed by atoms with E-state index >= 15 is 0 Å². The molecule has 90 valence electrons. The second-order valence-electron chi connectivity index (χ2n) is 4.42. The summed E-state index contributed by atoms with van der Waals surface area (Å²) in [4.78, 5) is 24.8. The lowest BCUT2D eigenvalue weighted by molar-refractivity contribution is -0.126. The van der Waals surface area contributed by atoms with Crippen molar-refractivity contribution in [2.75, 3.05) is 20.1 Å². The van der Waals surface area contributed by atoms with Crippen LogP contribution in [-0.4, -0.2) is 36.9 Å². The van der Waals surface area contributed by atoms with Crippen LogP contribution in [-0.2, 0) is 4.79 Å². The molecule has 1 N–H and O–H groups in total. The maximum absolute atomic E-state index is 11.8. The summed E-state index contributed by atoms with van der Waals surface area (Å²) in [5.41, 5.74) is 0.658. The van der Waals surface area contributed by atoms with Crippen LogP contribution in [0.2, 0.25) is 0 Å². The molecule has 1 saturated heterocycles. The molecule has 1 fully saturated rings. The summed E-state index contributed by atoms with van der Waals surface area (Å²) < 4.78 is 0. The van der Waals surface area contributed by atoms with Crippen LogP contribution in [0.25, 0.3) is 0 Å². The van der Waals surface area contributed by atoms with Gasteiger partial charge in [-0.15, -0.1) is 0 Å². The van der Waals surface area contributed by atoms with Crippen molar-refractivity contribution in [1.29, 1.82) is 0 Å². The zero-order valence-electron chi connectivity index (χ0n) is 9.85. The topological polar surface area (TPSA) is 49.4 Å². The lowest BCUT2D eigenvalue weighted by atomic mass is 10.1. The average Bonchev–Trinajstić information content (AvgIpc) is 2.67. The van der Waals surface area contributed by atoms with Gasteiger partial charge in [-0.05, 0) is 12.1 Å². The smallest absolute Gasteiger partial charge is 0.251 e. The van der Waals surface area contributed by atoms with Crippen LogP contribution in [0.5, 0.6) is 0 Å². The Bertz CT molecular complexity index is 417. The number of likely N-dealkylation sites (tertiary alicyclic amines) is 1. The Kier molecular flexibility index (Phi) is 3.42. The molecule has 1 aliphatic rings. The van der Waals surface area contributed by atoms with Crippen LogP contribution in [0.15, 0.2) is 30.3 Å². The third-order valence-electron chi connectivity index (χ3n) is 3.01. The Morgan fingerprint density at radius 3 is 2.71 bits per heavy atom. The van der Waals surface area contributed by atoms with Crippen LogP contribution < -0.4 is 5.32 Å². The maximum Gasteiger partial charge on any atom is 0.251 e. The lowest BCUT2D eigenvalue weighted by Crippen LogP contribution is -2.30. The fourth-order valence-electron chi connectivity index (χ4n) is 2.02. The van der Waals surface area contributed by atoms with E-state index in [4.69, 9.17) is 0 Å². The molecule has 1 aromatic carbocycles. The molecule has 1 unspecified atom stereocenters. The molecule has 1 atom stereocenters. The van der Waals surface area contributed by atoms with Crippen LogP contribution in [0, 0.1) is 5.92 Å². The van der Waals surface area contributed by atoms with Gasteiger partial charge in [0.1, 0.15) is 0 Å². The Morgan fingerprint density at radius 2 is 2.12 bits per heavy atom. The SMILES string of the molecule is CN1CC(CNC(=O)c2ccccc2)CC1=O. The standard InChI is InChI=1S/C13H16N2O2/c1-15-9-10(7-12(15)16)8-14-13(17)11-5-3-2-4-6-11/h2-6,10H,7-9H2,1H3,(H,14,17). The number of nitrogens with zero attached hydrogens (tertiary/aromatic N) is 1. The molecule has 17 heavy (non-hydrogen) atoms. The van der Waals surface area contributed by atoms with E-state index in [9.17, 15) is 9.59 Å². The van der Waals surface area contributed by atoms with Crippen molar-refractivity contribution in [3.8, 4) is 0 Å². The van der Waals surface area contributed by atoms with Crippen molar-refractivity contribution in [2.24, 2.45) is 5.92 Å². The second-order valence-corrected chi connectivity index (χ2v) is 4.42. The molecule has 0 aliphatic carbocycles.